The number of nitrogens with one attached hydrogen (secondary N) is 1. The number of piperidine rings is 1. The van der Waals surface area contributed by atoms with Crippen LogP contribution in [0.3, 0.4) is 0 Å². The minimum atomic E-state index is -3.59. The van der Waals surface area contributed by atoms with Crippen molar-refractivity contribution in [2.24, 2.45) is 15.9 Å². The monoisotopic (exact) mass is 541 g/mol. The highest BCUT2D eigenvalue weighted by Crippen LogP contribution is 2.40. The number of hydrogen-bond acceptors (Lipinski definition) is 8. The van der Waals surface area contributed by atoms with Gasteiger partial charge >= 0.3 is 6.09 Å². The van der Waals surface area contributed by atoms with E-state index in [1.54, 1.807) is 37.0 Å². The van der Waals surface area contributed by atoms with Crippen molar-refractivity contribution in [3.63, 3.8) is 0 Å². The van der Waals surface area contributed by atoms with Gasteiger partial charge in [-0.3, -0.25) is 15.2 Å². The number of benzene rings is 1. The molecule has 0 aliphatic carbocycles. The van der Waals surface area contributed by atoms with E-state index in [0.29, 0.717) is 43.2 Å². The Morgan fingerprint density at radius 2 is 1.95 bits per heavy atom. The second-order valence-electron chi connectivity index (χ2n) is 9.85. The molecule has 13 heteroatoms. The van der Waals surface area contributed by atoms with Gasteiger partial charge in [-0.25, -0.2) is 27.5 Å². The normalized spacial score (nSPS) is 21.8. The van der Waals surface area contributed by atoms with Crippen LogP contribution in [0.25, 0.3) is 0 Å². The van der Waals surface area contributed by atoms with Gasteiger partial charge in [0.1, 0.15) is 11.8 Å². The number of nitrogens with zero attached hydrogens (tertiary/aromatic N) is 6. The molecule has 202 valence electrons. The average Bonchev–Trinajstić information content (AvgIpc) is 3.24. The summed E-state index contributed by atoms with van der Waals surface area (Å²) in [6.45, 7) is 4.36. The number of fused-ring (bicyclic) bond motifs is 1. The van der Waals surface area contributed by atoms with Crippen LogP contribution in [0, 0.1) is 17.2 Å². The summed E-state index contributed by atoms with van der Waals surface area (Å²) in [5, 5.41) is 11.5. The number of allylic oxidation sites excluding steroid dienone is 1. The fourth-order valence-corrected chi connectivity index (χ4v) is 5.62. The Hall–Kier alpha value is -3.76. The molecule has 3 aliphatic heterocycles. The number of likely N-dealkylation sites (tertiary alicyclic amines) is 1. The number of sulfonamides is 1. The zero-order valence-electron chi connectivity index (χ0n) is 21.8. The summed E-state index contributed by atoms with van der Waals surface area (Å²) in [6.07, 6.45) is 3.64. The van der Waals surface area contributed by atoms with Gasteiger partial charge in [-0.2, -0.15) is 5.26 Å². The van der Waals surface area contributed by atoms with E-state index in [-0.39, 0.29) is 23.5 Å². The van der Waals surface area contributed by atoms with Crippen molar-refractivity contribution < 1.29 is 22.7 Å². The van der Waals surface area contributed by atoms with Crippen molar-refractivity contribution >= 4 is 39.8 Å². The first-order valence-corrected chi connectivity index (χ1v) is 13.7. The molecule has 0 spiro atoms. The number of ether oxygens (including phenoxy) is 1. The number of amides is 2. The lowest BCUT2D eigenvalue weighted by Crippen LogP contribution is -2.58. The van der Waals surface area contributed by atoms with Crippen LogP contribution in [0.15, 0.2) is 50.9 Å². The van der Waals surface area contributed by atoms with Gasteiger partial charge in [0, 0.05) is 33.4 Å². The Morgan fingerprint density at radius 1 is 1.29 bits per heavy atom. The summed E-state index contributed by atoms with van der Waals surface area (Å²) >= 11 is 0. The molecule has 3 heterocycles. The fourth-order valence-electron chi connectivity index (χ4n) is 4.72. The van der Waals surface area contributed by atoms with E-state index < -0.39 is 27.4 Å². The Morgan fingerprint density at radius 3 is 2.53 bits per heavy atom. The van der Waals surface area contributed by atoms with E-state index in [4.69, 9.17) is 4.74 Å². The number of carbonyl (C=O) groups is 2. The summed E-state index contributed by atoms with van der Waals surface area (Å²) in [7, 11) is -0.679. The molecule has 2 saturated heterocycles. The van der Waals surface area contributed by atoms with Crippen LogP contribution >= 0.6 is 0 Å². The van der Waals surface area contributed by atoms with E-state index in [1.807, 2.05) is 5.01 Å². The molecule has 1 aromatic rings. The maximum Gasteiger partial charge on any atom is 0.410 e. The van der Waals surface area contributed by atoms with E-state index >= 15 is 0 Å². The molecule has 0 radical (unpaired) electrons. The summed E-state index contributed by atoms with van der Waals surface area (Å²) in [6, 6.07) is 8.32. The number of hydrazine groups is 1. The first kappa shape index (κ1) is 27.3. The van der Waals surface area contributed by atoms with Crippen LogP contribution in [0.5, 0.6) is 0 Å². The Labute approximate surface area is 222 Å². The van der Waals surface area contributed by atoms with Crippen LogP contribution in [0.2, 0.25) is 0 Å². The number of nitriles is 1. The minimum Gasteiger partial charge on any atom is -0.447 e. The molecule has 0 aromatic heterocycles. The summed E-state index contributed by atoms with van der Waals surface area (Å²) in [5.74, 6) is -0.849. The van der Waals surface area contributed by atoms with E-state index in [1.165, 1.54) is 32.4 Å². The van der Waals surface area contributed by atoms with Crippen molar-refractivity contribution in [3.8, 4) is 6.07 Å². The highest BCUT2D eigenvalue weighted by Gasteiger charge is 2.50. The van der Waals surface area contributed by atoms with Crippen molar-refractivity contribution in [1.29, 1.82) is 5.26 Å². The molecule has 12 nitrogen and oxygen atoms in total. The van der Waals surface area contributed by atoms with Crippen molar-refractivity contribution in [2.75, 3.05) is 27.2 Å². The van der Waals surface area contributed by atoms with E-state index in [2.05, 4.69) is 21.5 Å². The zero-order chi connectivity index (χ0) is 27.7. The van der Waals surface area contributed by atoms with Gasteiger partial charge in [-0.15, -0.1) is 0 Å². The summed E-state index contributed by atoms with van der Waals surface area (Å²) in [5.41, 5.74) is 3.64. The second kappa shape index (κ2) is 10.5. The van der Waals surface area contributed by atoms with Crippen molar-refractivity contribution in [1.82, 2.24) is 19.6 Å². The second-order valence-corrected chi connectivity index (χ2v) is 12.0. The lowest BCUT2D eigenvalue weighted by Gasteiger charge is -2.47. The quantitative estimate of drug-likeness (QED) is 0.576. The first-order chi connectivity index (χ1) is 18.0. The summed E-state index contributed by atoms with van der Waals surface area (Å²) < 4.78 is 31.2. The third-order valence-electron chi connectivity index (χ3n) is 6.78. The van der Waals surface area contributed by atoms with Gasteiger partial charge < -0.3 is 9.64 Å². The molecular formula is C25H31N7O5S. The fraction of sp³-hybridized carbons (Fsp3) is 0.480. The molecule has 1 N–H and O–H groups in total. The number of amidine groups is 1. The van der Waals surface area contributed by atoms with Gasteiger partial charge in [-0.05, 0) is 57.0 Å². The van der Waals surface area contributed by atoms with Crippen LogP contribution in [0.1, 0.15) is 33.1 Å². The van der Waals surface area contributed by atoms with Gasteiger partial charge in [-0.1, -0.05) is 0 Å². The van der Waals surface area contributed by atoms with Gasteiger partial charge in [0.25, 0.3) is 5.91 Å². The van der Waals surface area contributed by atoms with Crippen LogP contribution < -0.4 is 5.43 Å². The number of hydrogen-bond donors (Lipinski definition) is 1. The van der Waals surface area contributed by atoms with Crippen LogP contribution in [0.4, 0.5) is 10.5 Å². The molecule has 3 aliphatic rings. The summed E-state index contributed by atoms with van der Waals surface area (Å²) in [4.78, 5) is 35.6. The number of carbonyl (C=O) groups excluding carboxylic acids is 2. The molecule has 4 rings (SSSR count). The van der Waals surface area contributed by atoms with Crippen molar-refractivity contribution in [3.05, 3.63) is 36.0 Å². The average molecular weight is 542 g/mol. The topological polar surface area (TPSA) is 148 Å². The predicted octanol–water partition coefficient (Wildman–Crippen LogP) is 2.19. The number of aliphatic imine (C=N–C) groups is 2. The van der Waals surface area contributed by atoms with Crippen LogP contribution in [-0.2, 0) is 19.6 Å². The molecule has 2 fully saturated rings. The minimum absolute atomic E-state index is 0.127. The lowest BCUT2D eigenvalue weighted by molar-refractivity contribution is -0.119. The van der Waals surface area contributed by atoms with Crippen molar-refractivity contribution in [2.45, 2.75) is 49.6 Å². The zero-order valence-corrected chi connectivity index (χ0v) is 22.6. The Balaban J connectivity index is 1.63. The van der Waals surface area contributed by atoms with Crippen LogP contribution in [-0.4, -0.2) is 85.5 Å². The molecule has 0 saturated carbocycles. The SMILES string of the molecule is CC(C)OC(=O)N1CCC(CC#N)(N2NC(=Nc3ccc(S(=O)(=O)N(C)C)cc3)C3C(=O)N=CC=C32)CC1. The number of rotatable bonds is 6. The Kier molecular flexibility index (Phi) is 7.57. The molecule has 2 amide bonds. The predicted molar refractivity (Wildman–Crippen MR) is 140 cm³/mol. The molecule has 1 atom stereocenters. The standard InChI is InChI=1S/C25H31N7O5S/c1-17(2)37-24(34)31-15-11-25(10-13-26,12-16-31)32-20-9-14-27-23(33)21(20)22(29-32)28-18-5-7-19(8-6-18)38(35,36)30(3)4/h5-9,14,17,21H,10-12,15-16H2,1-4H3,(H,28,29). The molecule has 1 unspecified atom stereocenters. The molecular weight excluding hydrogens is 510 g/mol. The van der Waals surface area contributed by atoms with Gasteiger partial charge in [0.05, 0.1) is 40.4 Å². The van der Waals surface area contributed by atoms with E-state index in [0.717, 1.165) is 4.31 Å². The Bertz CT molecular complexity index is 1330. The maximum absolute atomic E-state index is 12.9. The molecule has 38 heavy (non-hydrogen) atoms. The van der Waals surface area contributed by atoms with E-state index in [9.17, 15) is 23.3 Å². The maximum atomic E-state index is 12.9. The third kappa shape index (κ3) is 5.14. The third-order valence-corrected chi connectivity index (χ3v) is 8.61. The largest absolute Gasteiger partial charge is 0.447 e. The van der Waals surface area contributed by atoms with Gasteiger partial charge in [0.2, 0.25) is 10.0 Å². The lowest BCUT2D eigenvalue weighted by atomic mass is 9.83. The highest BCUT2D eigenvalue weighted by molar-refractivity contribution is 7.89. The highest BCUT2D eigenvalue weighted by atomic mass is 32.2. The van der Waals surface area contributed by atoms with Gasteiger partial charge in [0.15, 0.2) is 0 Å². The number of dihydropyridines is 1. The smallest absolute Gasteiger partial charge is 0.410 e. The first-order valence-electron chi connectivity index (χ1n) is 12.3. The molecule has 1 aromatic carbocycles. The molecule has 0 bridgehead atoms.